The first-order chi connectivity index (χ1) is 12.9. The largest absolute Gasteiger partial charge is 0.497 e. The maximum atomic E-state index is 15.3. The van der Waals surface area contributed by atoms with Gasteiger partial charge in [0.2, 0.25) is 0 Å². The van der Waals surface area contributed by atoms with Gasteiger partial charge in [0.1, 0.15) is 5.75 Å². The van der Waals surface area contributed by atoms with Crippen molar-refractivity contribution in [2.24, 2.45) is 14.1 Å². The number of aryl methyl sites for hydroxylation is 3. The molecule has 0 atom stereocenters. The average Bonchev–Trinajstić information content (AvgIpc) is 3.14. The zero-order valence-electron chi connectivity index (χ0n) is 15.8. The number of nitriles is 1. The highest BCUT2D eigenvalue weighted by Crippen LogP contribution is 2.30. The summed E-state index contributed by atoms with van der Waals surface area (Å²) in [5, 5.41) is 11.3. The van der Waals surface area contributed by atoms with E-state index in [4.69, 9.17) is 4.74 Å². The van der Waals surface area contributed by atoms with Gasteiger partial charge in [-0.25, -0.2) is 4.39 Å². The van der Waals surface area contributed by atoms with Gasteiger partial charge in [0, 0.05) is 48.7 Å². The molecule has 0 N–H and O–H groups in total. The highest BCUT2D eigenvalue weighted by molar-refractivity contribution is 5.88. The van der Waals surface area contributed by atoms with Gasteiger partial charge in [-0.1, -0.05) is 0 Å². The van der Waals surface area contributed by atoms with Gasteiger partial charge in [0.25, 0.3) is 0 Å². The van der Waals surface area contributed by atoms with E-state index in [0.29, 0.717) is 28.5 Å². The van der Waals surface area contributed by atoms with Gasteiger partial charge in [0.15, 0.2) is 5.82 Å². The van der Waals surface area contributed by atoms with Gasteiger partial charge in [-0.3, -0.25) is 0 Å². The number of halogens is 1. The first kappa shape index (κ1) is 17.2. The van der Waals surface area contributed by atoms with E-state index in [1.807, 2.05) is 49.9 Å². The Morgan fingerprint density at radius 2 is 1.89 bits per heavy atom. The number of aromatic nitrogens is 2. The fourth-order valence-electron chi connectivity index (χ4n) is 3.75. The number of fused-ring (bicyclic) bond motifs is 2. The minimum absolute atomic E-state index is 0.262. The smallest absolute Gasteiger partial charge is 0.151 e. The molecule has 27 heavy (non-hydrogen) atoms. The lowest BCUT2D eigenvalue weighted by Gasteiger charge is -2.10. The molecule has 0 spiro atoms. The van der Waals surface area contributed by atoms with E-state index in [2.05, 4.69) is 12.1 Å². The van der Waals surface area contributed by atoms with Crippen LogP contribution in [-0.4, -0.2) is 16.2 Å². The van der Waals surface area contributed by atoms with Crippen molar-refractivity contribution in [3.63, 3.8) is 0 Å². The summed E-state index contributed by atoms with van der Waals surface area (Å²) in [7, 11) is 5.43. The maximum Gasteiger partial charge on any atom is 0.151 e. The minimum atomic E-state index is -0.262. The van der Waals surface area contributed by atoms with E-state index in [-0.39, 0.29) is 5.82 Å². The quantitative estimate of drug-likeness (QED) is 0.536. The summed E-state index contributed by atoms with van der Waals surface area (Å²) in [6.07, 6.45) is 0.411. The first-order valence-electron chi connectivity index (χ1n) is 8.74. The monoisotopic (exact) mass is 361 g/mol. The molecule has 2 aromatic heterocycles. The molecule has 0 unspecified atom stereocenters. The predicted octanol–water partition coefficient (Wildman–Crippen LogP) is 4.59. The highest BCUT2D eigenvalue weighted by Gasteiger charge is 2.18. The summed E-state index contributed by atoms with van der Waals surface area (Å²) in [6, 6.07) is 13.7. The zero-order valence-corrected chi connectivity index (χ0v) is 15.8. The molecule has 4 nitrogen and oxygen atoms in total. The van der Waals surface area contributed by atoms with Crippen LogP contribution in [0, 0.1) is 24.1 Å². The molecular formula is C22H20FN3O. The van der Waals surface area contributed by atoms with Crippen LogP contribution in [0.4, 0.5) is 4.39 Å². The van der Waals surface area contributed by atoms with Crippen molar-refractivity contribution in [2.75, 3.05) is 7.11 Å². The second kappa shape index (κ2) is 6.17. The van der Waals surface area contributed by atoms with Crippen molar-refractivity contribution in [1.82, 2.24) is 9.13 Å². The van der Waals surface area contributed by atoms with Crippen LogP contribution in [0.25, 0.3) is 21.8 Å². The summed E-state index contributed by atoms with van der Waals surface area (Å²) in [5.41, 5.74) is 4.45. The van der Waals surface area contributed by atoms with Gasteiger partial charge in [-0.05, 0) is 42.8 Å². The van der Waals surface area contributed by atoms with Gasteiger partial charge in [-0.2, -0.15) is 5.26 Å². The molecule has 0 fully saturated rings. The van der Waals surface area contributed by atoms with Crippen LogP contribution in [0.5, 0.6) is 5.75 Å². The molecule has 0 aliphatic rings. The SMILES string of the molecule is COc1ccc2cc(Cc3cc(C#N)c4cc(C)n(C)c4c3F)n(C)c2c1. The van der Waals surface area contributed by atoms with Crippen molar-refractivity contribution in [3.05, 3.63) is 64.7 Å². The van der Waals surface area contributed by atoms with Crippen LogP contribution < -0.4 is 4.74 Å². The van der Waals surface area contributed by atoms with Crippen LogP contribution in [0.1, 0.15) is 22.5 Å². The number of methoxy groups -OCH3 is 1. The molecule has 2 heterocycles. The first-order valence-corrected chi connectivity index (χ1v) is 8.74. The van der Waals surface area contributed by atoms with Crippen molar-refractivity contribution in [1.29, 1.82) is 5.26 Å². The molecule has 4 rings (SSSR count). The Bertz CT molecular complexity index is 1240. The molecule has 2 aromatic carbocycles. The van der Waals surface area contributed by atoms with Gasteiger partial charge >= 0.3 is 0 Å². The third kappa shape index (κ3) is 2.57. The topological polar surface area (TPSA) is 42.9 Å². The van der Waals surface area contributed by atoms with Gasteiger partial charge in [-0.15, -0.1) is 0 Å². The van der Waals surface area contributed by atoms with Gasteiger partial charge in [0.05, 0.1) is 29.8 Å². The van der Waals surface area contributed by atoms with Gasteiger partial charge < -0.3 is 13.9 Å². The Labute approximate surface area is 157 Å². The standard InChI is InChI=1S/C22H20FN3O/c1-13-7-19-16(12-24)8-15(21(23)22(19)25(13)2)10-17-9-14-5-6-18(27-4)11-20(14)26(17)3/h5-9,11H,10H2,1-4H3. The zero-order chi connectivity index (χ0) is 19.3. The van der Waals surface area contributed by atoms with E-state index in [1.165, 1.54) is 0 Å². The second-order valence-electron chi connectivity index (χ2n) is 6.91. The molecule has 0 saturated heterocycles. The fraction of sp³-hybridized carbons (Fsp3) is 0.227. The Morgan fingerprint density at radius 1 is 1.11 bits per heavy atom. The van der Waals surface area contributed by atoms with Crippen LogP contribution in [0.2, 0.25) is 0 Å². The summed E-state index contributed by atoms with van der Waals surface area (Å²) in [4.78, 5) is 0. The molecule has 5 heteroatoms. The third-order valence-corrected chi connectivity index (χ3v) is 5.42. The number of ether oxygens (including phenoxy) is 1. The second-order valence-corrected chi connectivity index (χ2v) is 6.91. The van der Waals surface area contributed by atoms with Crippen LogP contribution >= 0.6 is 0 Å². The predicted molar refractivity (Wildman–Crippen MR) is 105 cm³/mol. The summed E-state index contributed by atoms with van der Waals surface area (Å²) in [6.45, 7) is 1.91. The van der Waals surface area contributed by atoms with Crippen molar-refractivity contribution in [3.8, 4) is 11.8 Å². The normalized spacial score (nSPS) is 11.3. The lowest BCUT2D eigenvalue weighted by molar-refractivity contribution is 0.415. The van der Waals surface area contributed by atoms with E-state index >= 15 is 4.39 Å². The van der Waals surface area contributed by atoms with Crippen molar-refractivity contribution >= 4 is 21.8 Å². The van der Waals surface area contributed by atoms with Crippen LogP contribution in [0.3, 0.4) is 0 Å². The highest BCUT2D eigenvalue weighted by atomic mass is 19.1. The van der Waals surface area contributed by atoms with Crippen molar-refractivity contribution < 1.29 is 9.13 Å². The average molecular weight is 361 g/mol. The van der Waals surface area contributed by atoms with Crippen LogP contribution in [-0.2, 0) is 20.5 Å². The molecule has 0 aliphatic carbocycles. The molecule has 0 saturated carbocycles. The van der Waals surface area contributed by atoms with Crippen LogP contribution in [0.15, 0.2) is 36.4 Å². The Kier molecular flexibility index (Phi) is 3.92. The molecular weight excluding hydrogens is 341 g/mol. The lowest BCUT2D eigenvalue weighted by Crippen LogP contribution is -2.02. The molecule has 4 aromatic rings. The molecule has 0 bridgehead atoms. The number of hydrogen-bond acceptors (Lipinski definition) is 2. The number of benzene rings is 2. The minimum Gasteiger partial charge on any atom is -0.497 e. The Morgan fingerprint density at radius 3 is 2.59 bits per heavy atom. The summed E-state index contributed by atoms with van der Waals surface area (Å²) >= 11 is 0. The Hall–Kier alpha value is -3.26. The molecule has 0 aliphatic heterocycles. The summed E-state index contributed by atoms with van der Waals surface area (Å²) in [5.74, 6) is 0.524. The van der Waals surface area contributed by atoms with E-state index in [1.54, 1.807) is 17.7 Å². The lowest BCUT2D eigenvalue weighted by atomic mass is 10.0. The van der Waals surface area contributed by atoms with E-state index < -0.39 is 0 Å². The van der Waals surface area contributed by atoms with E-state index in [0.717, 1.165) is 28.0 Å². The third-order valence-electron chi connectivity index (χ3n) is 5.42. The van der Waals surface area contributed by atoms with E-state index in [9.17, 15) is 5.26 Å². The number of nitrogens with zero attached hydrogens (tertiary/aromatic N) is 3. The number of rotatable bonds is 3. The molecule has 136 valence electrons. The molecule has 0 amide bonds. The maximum absolute atomic E-state index is 15.3. The summed E-state index contributed by atoms with van der Waals surface area (Å²) < 4.78 is 24.4. The Balaban J connectivity index is 1.88. The van der Waals surface area contributed by atoms with Crippen molar-refractivity contribution in [2.45, 2.75) is 13.3 Å². The fourth-order valence-corrected chi connectivity index (χ4v) is 3.75. The number of hydrogen-bond donors (Lipinski definition) is 0. The molecule has 0 radical (unpaired) electrons.